The smallest absolute Gasteiger partial charge is 0.410 e. The van der Waals surface area contributed by atoms with Gasteiger partial charge in [0.15, 0.2) is 0 Å². The Bertz CT molecular complexity index is 690. The van der Waals surface area contributed by atoms with Gasteiger partial charge in [-0.25, -0.2) is 4.79 Å². The maximum atomic E-state index is 12.9. The number of fused-ring (bicyclic) bond motifs is 2. The number of rotatable bonds is 3. The van der Waals surface area contributed by atoms with E-state index in [1.807, 2.05) is 24.3 Å². The second-order valence-corrected chi connectivity index (χ2v) is 6.83. The third kappa shape index (κ3) is 2.12. The van der Waals surface area contributed by atoms with Crippen molar-refractivity contribution in [2.75, 3.05) is 24.5 Å². The van der Waals surface area contributed by atoms with Crippen LogP contribution < -0.4 is 4.90 Å². The molecule has 24 heavy (non-hydrogen) atoms. The maximum absolute atomic E-state index is 12.9. The van der Waals surface area contributed by atoms with Gasteiger partial charge in [-0.2, -0.15) is 0 Å². The van der Waals surface area contributed by atoms with Gasteiger partial charge < -0.3 is 19.3 Å². The summed E-state index contributed by atoms with van der Waals surface area (Å²) >= 11 is 0. The summed E-state index contributed by atoms with van der Waals surface area (Å²) in [6, 6.07) is 7.51. The zero-order valence-corrected chi connectivity index (χ0v) is 13.4. The number of carbonyl (C=O) groups is 3. The third-order valence-electron chi connectivity index (χ3n) is 5.37. The fourth-order valence-electron chi connectivity index (χ4n) is 4.12. The number of hydrogen-bond acceptors (Lipinski definition) is 4. The fraction of sp³-hybridized carbons (Fsp3) is 0.500. The van der Waals surface area contributed by atoms with Gasteiger partial charge in [-0.05, 0) is 37.3 Å². The van der Waals surface area contributed by atoms with Gasteiger partial charge in [0, 0.05) is 18.8 Å². The lowest BCUT2D eigenvalue weighted by Gasteiger charge is -2.46. The number of anilines is 1. The van der Waals surface area contributed by atoms with Crippen LogP contribution in [-0.4, -0.2) is 48.9 Å². The van der Waals surface area contributed by atoms with Crippen LogP contribution in [0.5, 0.6) is 0 Å². The van der Waals surface area contributed by atoms with Crippen molar-refractivity contribution in [3.8, 4) is 0 Å². The molecule has 4 rings (SSSR count). The minimum Gasteiger partial charge on any atom is -0.446 e. The van der Waals surface area contributed by atoms with E-state index in [-0.39, 0.29) is 24.6 Å². The summed E-state index contributed by atoms with van der Waals surface area (Å²) in [5.41, 5.74) is 0.967. The Labute approximate surface area is 140 Å². The van der Waals surface area contributed by atoms with Crippen LogP contribution in [0.4, 0.5) is 10.5 Å². The highest BCUT2D eigenvalue weighted by atomic mass is 16.6. The molecule has 0 bridgehead atoms. The summed E-state index contributed by atoms with van der Waals surface area (Å²) in [6.07, 6.45) is 4.50. The molecule has 126 valence electrons. The predicted octanol–water partition coefficient (Wildman–Crippen LogP) is 1.86. The maximum Gasteiger partial charge on any atom is 0.410 e. The monoisotopic (exact) mass is 328 g/mol. The van der Waals surface area contributed by atoms with Gasteiger partial charge in [0.1, 0.15) is 17.8 Å². The largest absolute Gasteiger partial charge is 0.446 e. The fourth-order valence-corrected chi connectivity index (χ4v) is 4.12. The van der Waals surface area contributed by atoms with Crippen LogP contribution >= 0.6 is 0 Å². The molecule has 0 unspecified atom stereocenters. The average molecular weight is 328 g/mol. The zero-order chi connectivity index (χ0) is 16.7. The second kappa shape index (κ2) is 5.61. The summed E-state index contributed by atoms with van der Waals surface area (Å²) in [5, 5.41) is 0. The molecule has 1 aliphatic carbocycles. The molecule has 1 spiro atoms. The predicted molar refractivity (Wildman–Crippen MR) is 86.8 cm³/mol. The molecule has 1 saturated heterocycles. The van der Waals surface area contributed by atoms with E-state index in [2.05, 4.69) is 0 Å². The molecule has 2 aliphatic heterocycles. The minimum absolute atomic E-state index is 0.0205. The second-order valence-electron chi connectivity index (χ2n) is 6.83. The Kier molecular flexibility index (Phi) is 3.55. The number of para-hydroxylation sites is 1. The number of benzene rings is 1. The van der Waals surface area contributed by atoms with Crippen molar-refractivity contribution in [3.63, 3.8) is 0 Å². The first-order chi connectivity index (χ1) is 11.7. The van der Waals surface area contributed by atoms with Gasteiger partial charge in [-0.15, -0.1) is 0 Å². The van der Waals surface area contributed by atoms with E-state index in [9.17, 15) is 14.4 Å². The summed E-state index contributed by atoms with van der Waals surface area (Å²) in [4.78, 5) is 39.2. The Morgan fingerprint density at radius 3 is 2.67 bits per heavy atom. The minimum atomic E-state index is -0.714. The number of likely N-dealkylation sites (tertiary alicyclic amines) is 1. The van der Waals surface area contributed by atoms with Crippen molar-refractivity contribution >= 4 is 24.0 Å². The molecular weight excluding hydrogens is 308 g/mol. The van der Waals surface area contributed by atoms with E-state index >= 15 is 0 Å². The van der Waals surface area contributed by atoms with Gasteiger partial charge in [-0.1, -0.05) is 18.2 Å². The third-order valence-corrected chi connectivity index (χ3v) is 5.37. The van der Waals surface area contributed by atoms with Crippen molar-refractivity contribution < 1.29 is 19.1 Å². The standard InChI is InChI=1S/C18H20N2O4/c21-10-9-20-15-8-4-3-7-14(15)18(16(20)22)11-19(12-18)17(23)24-13-5-1-2-6-13/h3-4,7-8,10,13H,1-2,5-6,9,11-12H2. The first-order valence-electron chi connectivity index (χ1n) is 8.46. The number of hydrogen-bond donors (Lipinski definition) is 0. The van der Waals surface area contributed by atoms with Crippen molar-refractivity contribution in [3.05, 3.63) is 29.8 Å². The van der Waals surface area contributed by atoms with E-state index in [0.717, 1.165) is 43.2 Å². The summed E-state index contributed by atoms with van der Waals surface area (Å²) in [5.74, 6) is -0.0966. The Balaban J connectivity index is 1.51. The van der Waals surface area contributed by atoms with Crippen LogP contribution in [-0.2, 0) is 19.7 Å². The van der Waals surface area contributed by atoms with Crippen LogP contribution in [0.25, 0.3) is 0 Å². The van der Waals surface area contributed by atoms with Crippen LogP contribution in [0, 0.1) is 0 Å². The van der Waals surface area contributed by atoms with Crippen LogP contribution in [0.15, 0.2) is 24.3 Å². The molecule has 2 heterocycles. The van der Waals surface area contributed by atoms with Crippen LogP contribution in [0.3, 0.4) is 0 Å². The normalized spacial score (nSPS) is 21.8. The van der Waals surface area contributed by atoms with Crippen LogP contribution in [0.1, 0.15) is 31.2 Å². The van der Waals surface area contributed by atoms with Crippen molar-refractivity contribution in [1.29, 1.82) is 0 Å². The summed E-state index contributed by atoms with van der Waals surface area (Å²) in [6.45, 7) is 0.692. The van der Waals surface area contributed by atoms with E-state index < -0.39 is 5.41 Å². The van der Waals surface area contributed by atoms with Gasteiger partial charge in [0.05, 0.1) is 6.54 Å². The van der Waals surface area contributed by atoms with Crippen molar-refractivity contribution in [2.24, 2.45) is 0 Å². The number of nitrogens with zero attached hydrogens (tertiary/aromatic N) is 2. The molecular formula is C18H20N2O4. The topological polar surface area (TPSA) is 66.9 Å². The number of amides is 2. The van der Waals surface area contributed by atoms with E-state index in [0.29, 0.717) is 13.1 Å². The van der Waals surface area contributed by atoms with E-state index in [4.69, 9.17) is 4.74 Å². The molecule has 0 radical (unpaired) electrons. The molecule has 2 fully saturated rings. The van der Waals surface area contributed by atoms with Crippen molar-refractivity contribution in [1.82, 2.24) is 4.90 Å². The molecule has 6 nitrogen and oxygen atoms in total. The highest BCUT2D eigenvalue weighted by molar-refractivity contribution is 6.11. The molecule has 1 aromatic rings. The lowest BCUT2D eigenvalue weighted by molar-refractivity contribution is -0.129. The molecule has 2 amide bonds. The Morgan fingerprint density at radius 2 is 1.96 bits per heavy atom. The molecule has 6 heteroatoms. The summed E-state index contributed by atoms with van der Waals surface area (Å²) in [7, 11) is 0. The molecule has 0 atom stereocenters. The van der Waals surface area contributed by atoms with E-state index in [1.165, 1.54) is 4.90 Å². The molecule has 0 aromatic heterocycles. The lowest BCUT2D eigenvalue weighted by Crippen LogP contribution is -2.65. The lowest BCUT2D eigenvalue weighted by atomic mass is 9.75. The van der Waals surface area contributed by atoms with Gasteiger partial charge in [0.2, 0.25) is 5.91 Å². The molecule has 1 saturated carbocycles. The quantitative estimate of drug-likeness (QED) is 0.795. The Hall–Kier alpha value is -2.37. The van der Waals surface area contributed by atoms with Crippen molar-refractivity contribution in [2.45, 2.75) is 37.2 Å². The van der Waals surface area contributed by atoms with E-state index in [1.54, 1.807) is 4.90 Å². The number of aldehydes is 1. The van der Waals surface area contributed by atoms with Gasteiger partial charge in [0.25, 0.3) is 0 Å². The Morgan fingerprint density at radius 1 is 1.25 bits per heavy atom. The first kappa shape index (κ1) is 15.2. The highest BCUT2D eigenvalue weighted by Gasteiger charge is 2.59. The van der Waals surface area contributed by atoms with Crippen LogP contribution in [0.2, 0.25) is 0 Å². The van der Waals surface area contributed by atoms with Gasteiger partial charge in [-0.3, -0.25) is 4.79 Å². The zero-order valence-electron chi connectivity index (χ0n) is 13.4. The first-order valence-corrected chi connectivity index (χ1v) is 8.46. The SMILES string of the molecule is O=CCN1C(=O)C2(CN(C(=O)OC3CCCC3)C2)c2ccccc21. The van der Waals surface area contributed by atoms with Gasteiger partial charge >= 0.3 is 6.09 Å². The average Bonchev–Trinajstić information content (AvgIpc) is 3.12. The number of carbonyl (C=O) groups excluding carboxylic acids is 3. The summed E-state index contributed by atoms with van der Waals surface area (Å²) < 4.78 is 5.52. The highest BCUT2D eigenvalue weighted by Crippen LogP contribution is 2.47. The molecule has 1 aromatic carbocycles. The molecule has 0 N–H and O–H groups in total. The molecule has 3 aliphatic rings. The number of ether oxygens (including phenoxy) is 1.